The van der Waals surface area contributed by atoms with Crippen molar-refractivity contribution in [3.05, 3.63) is 47.8 Å². The normalized spacial score (nSPS) is 15.3. The van der Waals surface area contributed by atoms with Gasteiger partial charge in [0, 0.05) is 37.0 Å². The molecule has 0 fully saturated rings. The Labute approximate surface area is 141 Å². The summed E-state index contributed by atoms with van der Waals surface area (Å²) in [5.41, 5.74) is 3.63. The van der Waals surface area contributed by atoms with Crippen LogP contribution in [0.1, 0.15) is 29.8 Å². The van der Waals surface area contributed by atoms with Gasteiger partial charge in [-0.25, -0.2) is 0 Å². The summed E-state index contributed by atoms with van der Waals surface area (Å²) in [7, 11) is 0. The largest absolute Gasteiger partial charge is 0.493 e. The smallest absolute Gasteiger partial charge is 0.253 e. The van der Waals surface area contributed by atoms with E-state index in [1.54, 1.807) is 12.4 Å². The van der Waals surface area contributed by atoms with Crippen molar-refractivity contribution in [1.82, 2.24) is 10.3 Å². The van der Waals surface area contributed by atoms with Crippen LogP contribution in [0, 0.1) is 5.92 Å². The molecule has 1 amide bonds. The quantitative estimate of drug-likeness (QED) is 0.885. The van der Waals surface area contributed by atoms with Gasteiger partial charge in [-0.05, 0) is 42.2 Å². The fraction of sp³-hybridized carbons (Fsp3) is 0.368. The molecule has 126 valence electrons. The van der Waals surface area contributed by atoms with Crippen molar-refractivity contribution in [1.29, 1.82) is 0 Å². The van der Waals surface area contributed by atoms with E-state index in [4.69, 9.17) is 4.74 Å². The van der Waals surface area contributed by atoms with E-state index >= 15 is 0 Å². The molecule has 0 saturated heterocycles. The number of carbonyl (C=O) groups is 1. The van der Waals surface area contributed by atoms with Gasteiger partial charge >= 0.3 is 0 Å². The third kappa shape index (κ3) is 3.41. The number of carbonyl (C=O) groups excluding carboxylic acids is 1. The van der Waals surface area contributed by atoms with Crippen LogP contribution < -0.4 is 10.1 Å². The van der Waals surface area contributed by atoms with Gasteiger partial charge in [0.25, 0.3) is 5.91 Å². The Morgan fingerprint density at radius 3 is 2.92 bits per heavy atom. The molecular formula is C19H22N2O3. The van der Waals surface area contributed by atoms with Crippen LogP contribution in [0.5, 0.6) is 5.75 Å². The number of benzene rings is 1. The lowest BCUT2D eigenvalue weighted by molar-refractivity contribution is 0.0916. The number of hydrogen-bond acceptors (Lipinski definition) is 4. The second-order valence-electron chi connectivity index (χ2n) is 6.31. The molecule has 3 rings (SSSR count). The first-order valence-electron chi connectivity index (χ1n) is 8.21. The lowest BCUT2D eigenvalue weighted by Crippen LogP contribution is -2.38. The molecule has 0 radical (unpaired) electrons. The monoisotopic (exact) mass is 326 g/mol. The molecule has 0 saturated carbocycles. The van der Waals surface area contributed by atoms with Crippen molar-refractivity contribution in [2.45, 2.75) is 26.3 Å². The number of amides is 1. The Morgan fingerprint density at radius 1 is 1.29 bits per heavy atom. The van der Waals surface area contributed by atoms with Crippen LogP contribution in [0.3, 0.4) is 0 Å². The highest BCUT2D eigenvalue weighted by Crippen LogP contribution is 2.30. The summed E-state index contributed by atoms with van der Waals surface area (Å²) < 4.78 is 5.53. The van der Waals surface area contributed by atoms with Gasteiger partial charge in [-0.3, -0.25) is 9.78 Å². The standard InChI is InChI=1S/C19H22N2O3/c1-12(11-22)13(2)21-19(23)17-8-16(9-20-10-17)14-3-4-18-15(7-14)5-6-24-18/h3-4,7-10,12-13,22H,5-6,11H2,1-2H3,(H,21,23). The minimum Gasteiger partial charge on any atom is -0.493 e. The minimum absolute atomic E-state index is 0.00167. The second-order valence-corrected chi connectivity index (χ2v) is 6.31. The molecule has 1 aliphatic rings. The SMILES string of the molecule is CC(CO)C(C)NC(=O)c1cncc(-c2ccc3c(c2)CCO3)c1. The number of fused-ring (bicyclic) bond motifs is 1. The molecule has 24 heavy (non-hydrogen) atoms. The van der Waals surface area contributed by atoms with Crippen LogP contribution in [-0.2, 0) is 6.42 Å². The predicted octanol–water partition coefficient (Wildman–Crippen LogP) is 2.43. The number of aromatic nitrogens is 1. The molecule has 2 N–H and O–H groups in total. The maximum Gasteiger partial charge on any atom is 0.253 e. The van der Waals surface area contributed by atoms with Gasteiger partial charge in [0.1, 0.15) is 5.75 Å². The van der Waals surface area contributed by atoms with Crippen LogP contribution in [0.15, 0.2) is 36.7 Å². The zero-order valence-electron chi connectivity index (χ0n) is 14.0. The molecule has 2 atom stereocenters. The molecule has 1 aliphatic heterocycles. The zero-order chi connectivity index (χ0) is 17.1. The molecule has 2 heterocycles. The van der Waals surface area contributed by atoms with Crippen molar-refractivity contribution < 1.29 is 14.6 Å². The summed E-state index contributed by atoms with van der Waals surface area (Å²) in [6.45, 7) is 4.54. The van der Waals surface area contributed by atoms with Crippen LogP contribution in [0.2, 0.25) is 0 Å². The fourth-order valence-corrected chi connectivity index (χ4v) is 2.68. The first-order chi connectivity index (χ1) is 11.6. The second kappa shape index (κ2) is 7.01. The predicted molar refractivity (Wildman–Crippen MR) is 92.1 cm³/mol. The first kappa shape index (κ1) is 16.5. The minimum atomic E-state index is -0.179. The average molecular weight is 326 g/mol. The number of ether oxygens (including phenoxy) is 1. The van der Waals surface area contributed by atoms with Gasteiger partial charge in [-0.15, -0.1) is 0 Å². The maximum absolute atomic E-state index is 12.4. The number of pyridine rings is 1. The van der Waals surface area contributed by atoms with E-state index in [-0.39, 0.29) is 24.5 Å². The summed E-state index contributed by atoms with van der Waals surface area (Å²) >= 11 is 0. The topological polar surface area (TPSA) is 71.5 Å². The Bertz CT molecular complexity index is 745. The Hall–Kier alpha value is -2.40. The molecule has 5 heteroatoms. The molecule has 5 nitrogen and oxygen atoms in total. The molecule has 0 bridgehead atoms. The van der Waals surface area contributed by atoms with E-state index < -0.39 is 0 Å². The van der Waals surface area contributed by atoms with Gasteiger partial charge in [0.05, 0.1) is 12.2 Å². The number of hydrogen-bond donors (Lipinski definition) is 2. The van der Waals surface area contributed by atoms with Crippen LogP contribution in [-0.4, -0.2) is 35.3 Å². The zero-order valence-corrected chi connectivity index (χ0v) is 14.0. The number of aliphatic hydroxyl groups excluding tert-OH is 1. The Kier molecular flexibility index (Phi) is 4.81. The number of nitrogens with one attached hydrogen (secondary N) is 1. The van der Waals surface area contributed by atoms with Crippen LogP contribution in [0.4, 0.5) is 0 Å². The van der Waals surface area contributed by atoms with E-state index in [1.165, 1.54) is 5.56 Å². The molecule has 2 unspecified atom stereocenters. The van der Waals surface area contributed by atoms with Gasteiger partial charge in [0.2, 0.25) is 0 Å². The van der Waals surface area contributed by atoms with E-state index in [0.29, 0.717) is 5.56 Å². The summed E-state index contributed by atoms with van der Waals surface area (Å²) in [5.74, 6) is 0.760. The highest BCUT2D eigenvalue weighted by Gasteiger charge is 2.17. The summed E-state index contributed by atoms with van der Waals surface area (Å²) in [6, 6.07) is 7.78. The molecule has 1 aromatic carbocycles. The molecular weight excluding hydrogens is 304 g/mol. The van der Waals surface area contributed by atoms with E-state index in [1.807, 2.05) is 32.0 Å². The van der Waals surface area contributed by atoms with Crippen molar-refractivity contribution in [2.24, 2.45) is 5.92 Å². The van der Waals surface area contributed by atoms with Crippen LogP contribution >= 0.6 is 0 Å². The molecule has 2 aromatic rings. The average Bonchev–Trinajstić information content (AvgIpc) is 3.08. The lowest BCUT2D eigenvalue weighted by Gasteiger charge is -2.19. The highest BCUT2D eigenvalue weighted by molar-refractivity contribution is 5.95. The van der Waals surface area contributed by atoms with Crippen molar-refractivity contribution in [3.63, 3.8) is 0 Å². The van der Waals surface area contributed by atoms with Crippen molar-refractivity contribution >= 4 is 5.91 Å². The molecule has 0 spiro atoms. The summed E-state index contributed by atoms with van der Waals surface area (Å²) in [6.07, 6.45) is 4.23. The number of aliphatic hydroxyl groups is 1. The number of nitrogens with zero attached hydrogens (tertiary/aromatic N) is 1. The van der Waals surface area contributed by atoms with Crippen LogP contribution in [0.25, 0.3) is 11.1 Å². The third-order valence-electron chi connectivity index (χ3n) is 4.52. The lowest BCUT2D eigenvalue weighted by atomic mass is 10.0. The maximum atomic E-state index is 12.4. The third-order valence-corrected chi connectivity index (χ3v) is 4.52. The van der Waals surface area contributed by atoms with E-state index in [0.717, 1.165) is 29.9 Å². The van der Waals surface area contributed by atoms with Crippen molar-refractivity contribution in [3.8, 4) is 16.9 Å². The summed E-state index contributed by atoms with van der Waals surface area (Å²) in [4.78, 5) is 16.6. The van der Waals surface area contributed by atoms with E-state index in [9.17, 15) is 9.90 Å². The number of rotatable bonds is 5. The van der Waals surface area contributed by atoms with Gasteiger partial charge in [-0.2, -0.15) is 0 Å². The van der Waals surface area contributed by atoms with Crippen molar-refractivity contribution in [2.75, 3.05) is 13.2 Å². The van der Waals surface area contributed by atoms with Gasteiger partial charge < -0.3 is 15.2 Å². The Morgan fingerprint density at radius 2 is 2.12 bits per heavy atom. The Balaban J connectivity index is 1.80. The van der Waals surface area contributed by atoms with Gasteiger partial charge in [-0.1, -0.05) is 13.0 Å². The first-order valence-corrected chi connectivity index (χ1v) is 8.21. The summed E-state index contributed by atoms with van der Waals surface area (Å²) in [5, 5.41) is 12.1. The fourth-order valence-electron chi connectivity index (χ4n) is 2.68. The molecule has 1 aromatic heterocycles. The van der Waals surface area contributed by atoms with E-state index in [2.05, 4.69) is 16.4 Å². The van der Waals surface area contributed by atoms with Gasteiger partial charge in [0.15, 0.2) is 0 Å². The highest BCUT2D eigenvalue weighted by atomic mass is 16.5. The molecule has 0 aliphatic carbocycles.